The Hall–Kier alpha value is -0.610. The van der Waals surface area contributed by atoms with Gasteiger partial charge in [-0.05, 0) is 59.5 Å². The summed E-state index contributed by atoms with van der Waals surface area (Å²) in [5.74, 6) is 0.330. The van der Waals surface area contributed by atoms with Crippen molar-refractivity contribution in [3.8, 4) is 0 Å². The maximum Gasteiger partial charge on any atom is 0.312 e. The maximum absolute atomic E-state index is 12.6. The van der Waals surface area contributed by atoms with Crippen molar-refractivity contribution in [2.45, 2.75) is 71.7 Å². The van der Waals surface area contributed by atoms with Crippen molar-refractivity contribution in [3.05, 3.63) is 0 Å². The largest absolute Gasteiger partial charge is 0.462 e. The number of ether oxygens (including phenoxy) is 2. The fourth-order valence-corrected chi connectivity index (χ4v) is 3.38. The highest BCUT2D eigenvalue weighted by Gasteiger charge is 2.40. The molecule has 2 heterocycles. The smallest absolute Gasteiger partial charge is 0.312 e. The number of esters is 1. The molecule has 0 spiro atoms. The Morgan fingerprint density at radius 1 is 1.25 bits per heavy atom. The van der Waals surface area contributed by atoms with E-state index < -0.39 is 5.41 Å². The average Bonchev–Trinajstić information content (AvgIpc) is 2.38. The van der Waals surface area contributed by atoms with Crippen LogP contribution < -0.4 is 5.32 Å². The highest BCUT2D eigenvalue weighted by Crippen LogP contribution is 2.34. The number of hydrogen-bond donors (Lipinski definition) is 1. The summed E-state index contributed by atoms with van der Waals surface area (Å²) < 4.78 is 11.5. The van der Waals surface area contributed by atoms with E-state index in [0.717, 1.165) is 38.8 Å². The molecule has 2 rings (SSSR count). The molecule has 2 aliphatic heterocycles. The maximum atomic E-state index is 12.6. The second-order valence-electron chi connectivity index (χ2n) is 7.02. The fraction of sp³-hybridized carbons (Fsp3) is 0.938. The number of piperidine rings is 1. The van der Waals surface area contributed by atoms with Crippen LogP contribution in [0.25, 0.3) is 0 Å². The molecule has 3 unspecified atom stereocenters. The predicted molar refractivity (Wildman–Crippen MR) is 78.5 cm³/mol. The van der Waals surface area contributed by atoms with E-state index in [1.807, 2.05) is 27.7 Å². The minimum Gasteiger partial charge on any atom is -0.462 e. The van der Waals surface area contributed by atoms with Crippen LogP contribution in [0.15, 0.2) is 0 Å². The van der Waals surface area contributed by atoms with Crippen LogP contribution in [0.4, 0.5) is 0 Å². The Morgan fingerprint density at radius 3 is 2.45 bits per heavy atom. The fourth-order valence-electron chi connectivity index (χ4n) is 3.38. The van der Waals surface area contributed by atoms with Gasteiger partial charge in [0, 0.05) is 12.8 Å². The standard InChI is InChI=1S/C16H29NO3/c1-11-8-14(9-12(2)19-11)20-15(18)16(3,4)13-6-5-7-17-10-13/h11-14,17H,5-10H2,1-4H3. The van der Waals surface area contributed by atoms with Crippen LogP contribution in [0, 0.1) is 11.3 Å². The van der Waals surface area contributed by atoms with E-state index in [4.69, 9.17) is 9.47 Å². The SMILES string of the molecule is CC1CC(OC(=O)C(C)(C)C2CCCNC2)CC(C)O1. The average molecular weight is 283 g/mol. The second-order valence-corrected chi connectivity index (χ2v) is 7.02. The minimum atomic E-state index is -0.405. The van der Waals surface area contributed by atoms with Gasteiger partial charge in [-0.2, -0.15) is 0 Å². The summed E-state index contributed by atoms with van der Waals surface area (Å²) in [7, 11) is 0. The molecule has 20 heavy (non-hydrogen) atoms. The lowest BCUT2D eigenvalue weighted by Crippen LogP contribution is -2.45. The number of carbonyl (C=O) groups is 1. The zero-order chi connectivity index (χ0) is 14.8. The molecule has 0 radical (unpaired) electrons. The number of carbonyl (C=O) groups excluding carboxylic acids is 1. The molecule has 3 atom stereocenters. The molecule has 4 nitrogen and oxygen atoms in total. The number of nitrogens with one attached hydrogen (secondary N) is 1. The van der Waals surface area contributed by atoms with E-state index in [-0.39, 0.29) is 24.3 Å². The molecule has 1 N–H and O–H groups in total. The summed E-state index contributed by atoms with van der Waals surface area (Å²) >= 11 is 0. The normalized spacial score (nSPS) is 35.6. The molecular weight excluding hydrogens is 254 g/mol. The molecule has 2 aliphatic rings. The monoisotopic (exact) mass is 283 g/mol. The van der Waals surface area contributed by atoms with Crippen molar-refractivity contribution < 1.29 is 14.3 Å². The minimum absolute atomic E-state index is 0.0112. The lowest BCUT2D eigenvalue weighted by atomic mass is 9.75. The number of rotatable bonds is 3. The first-order valence-corrected chi connectivity index (χ1v) is 7.97. The van der Waals surface area contributed by atoms with E-state index in [9.17, 15) is 4.79 Å². The third kappa shape index (κ3) is 3.73. The van der Waals surface area contributed by atoms with Crippen molar-refractivity contribution in [2.75, 3.05) is 13.1 Å². The van der Waals surface area contributed by atoms with Gasteiger partial charge in [0.1, 0.15) is 6.10 Å². The van der Waals surface area contributed by atoms with E-state index in [2.05, 4.69) is 5.32 Å². The molecule has 2 fully saturated rings. The highest BCUT2D eigenvalue weighted by molar-refractivity contribution is 5.76. The summed E-state index contributed by atoms with van der Waals surface area (Å²) in [4.78, 5) is 12.6. The topological polar surface area (TPSA) is 47.6 Å². The van der Waals surface area contributed by atoms with Gasteiger partial charge in [-0.25, -0.2) is 0 Å². The molecule has 0 aliphatic carbocycles. The first-order chi connectivity index (χ1) is 9.39. The Labute approximate surface area is 122 Å². The first-order valence-electron chi connectivity index (χ1n) is 7.97. The van der Waals surface area contributed by atoms with E-state index in [1.165, 1.54) is 0 Å². The molecule has 4 heteroatoms. The van der Waals surface area contributed by atoms with Crippen molar-refractivity contribution in [2.24, 2.45) is 11.3 Å². The van der Waals surface area contributed by atoms with Crippen molar-refractivity contribution in [1.29, 1.82) is 0 Å². The third-order valence-corrected chi connectivity index (χ3v) is 4.77. The molecule has 2 saturated heterocycles. The summed E-state index contributed by atoms with van der Waals surface area (Å²) in [5, 5.41) is 3.39. The van der Waals surface area contributed by atoms with Gasteiger partial charge < -0.3 is 14.8 Å². The Morgan fingerprint density at radius 2 is 1.90 bits per heavy atom. The van der Waals surface area contributed by atoms with Crippen molar-refractivity contribution in [3.63, 3.8) is 0 Å². The summed E-state index contributed by atoms with van der Waals surface area (Å²) in [5.41, 5.74) is -0.405. The Kier molecular flexibility index (Phi) is 5.08. The van der Waals surface area contributed by atoms with Gasteiger partial charge in [-0.3, -0.25) is 4.79 Å². The van der Waals surface area contributed by atoms with Gasteiger partial charge in [0.25, 0.3) is 0 Å². The van der Waals surface area contributed by atoms with Gasteiger partial charge in [-0.15, -0.1) is 0 Å². The lowest BCUT2D eigenvalue weighted by Gasteiger charge is -2.38. The zero-order valence-electron chi connectivity index (χ0n) is 13.3. The van der Waals surface area contributed by atoms with Crippen molar-refractivity contribution in [1.82, 2.24) is 5.32 Å². The molecular formula is C16H29NO3. The molecule has 116 valence electrons. The zero-order valence-corrected chi connectivity index (χ0v) is 13.3. The van der Waals surface area contributed by atoms with Crippen LogP contribution in [0.3, 0.4) is 0 Å². The summed E-state index contributed by atoms with van der Waals surface area (Å²) in [6, 6.07) is 0. The Bertz CT molecular complexity index is 327. The molecule has 0 bridgehead atoms. The molecule has 0 amide bonds. The van der Waals surface area contributed by atoms with Gasteiger partial charge in [-0.1, -0.05) is 0 Å². The summed E-state index contributed by atoms with van der Waals surface area (Å²) in [6.07, 6.45) is 4.25. The van der Waals surface area contributed by atoms with Gasteiger partial charge in [0.15, 0.2) is 0 Å². The molecule has 0 aromatic rings. The van der Waals surface area contributed by atoms with E-state index in [1.54, 1.807) is 0 Å². The quantitative estimate of drug-likeness (QED) is 0.809. The lowest BCUT2D eigenvalue weighted by molar-refractivity contribution is -0.173. The van der Waals surface area contributed by atoms with Crippen LogP contribution in [0.5, 0.6) is 0 Å². The van der Waals surface area contributed by atoms with Crippen LogP contribution in [-0.2, 0) is 14.3 Å². The van der Waals surface area contributed by atoms with E-state index in [0.29, 0.717) is 5.92 Å². The Balaban J connectivity index is 1.92. The van der Waals surface area contributed by atoms with Gasteiger partial charge in [0.2, 0.25) is 0 Å². The van der Waals surface area contributed by atoms with Crippen LogP contribution in [0.2, 0.25) is 0 Å². The summed E-state index contributed by atoms with van der Waals surface area (Å²) in [6.45, 7) is 10.1. The number of hydrogen-bond acceptors (Lipinski definition) is 4. The van der Waals surface area contributed by atoms with Crippen molar-refractivity contribution >= 4 is 5.97 Å². The van der Waals surface area contributed by atoms with Crippen LogP contribution in [-0.4, -0.2) is 37.4 Å². The van der Waals surface area contributed by atoms with Crippen LogP contribution >= 0.6 is 0 Å². The third-order valence-electron chi connectivity index (χ3n) is 4.77. The van der Waals surface area contributed by atoms with E-state index >= 15 is 0 Å². The highest BCUT2D eigenvalue weighted by atomic mass is 16.6. The first kappa shape index (κ1) is 15.8. The molecule has 0 aromatic heterocycles. The predicted octanol–water partition coefficient (Wildman–Crippen LogP) is 2.51. The van der Waals surface area contributed by atoms with Gasteiger partial charge in [0.05, 0.1) is 17.6 Å². The molecule has 0 saturated carbocycles. The molecule has 0 aromatic carbocycles. The van der Waals surface area contributed by atoms with Crippen LogP contribution in [0.1, 0.15) is 53.4 Å². The second kappa shape index (κ2) is 6.44. The van der Waals surface area contributed by atoms with Gasteiger partial charge >= 0.3 is 5.97 Å².